The van der Waals surface area contributed by atoms with Crippen LogP contribution in [0, 0.1) is 0 Å². The number of aryl methyl sites for hydroxylation is 2. The van der Waals surface area contributed by atoms with Gasteiger partial charge in [0.15, 0.2) is 11.5 Å². The molecule has 0 aliphatic carbocycles. The average Bonchev–Trinajstić information content (AvgIpc) is 2.70. The van der Waals surface area contributed by atoms with E-state index >= 15 is 0 Å². The van der Waals surface area contributed by atoms with Crippen molar-refractivity contribution >= 4 is 16.9 Å². The molecular formula is C21H21NO5. The molecule has 1 heterocycles. The number of carbonyl (C=O) groups is 1. The molecule has 0 saturated heterocycles. The molecule has 0 bridgehead atoms. The van der Waals surface area contributed by atoms with Crippen LogP contribution in [0.1, 0.15) is 21.6 Å². The maximum absolute atomic E-state index is 11.7. The summed E-state index contributed by atoms with van der Waals surface area (Å²) >= 11 is 0. The first-order chi connectivity index (χ1) is 13.0. The van der Waals surface area contributed by atoms with E-state index in [0.717, 1.165) is 11.3 Å². The Morgan fingerprint density at radius 3 is 2.37 bits per heavy atom. The second-order valence-electron chi connectivity index (χ2n) is 6.04. The van der Waals surface area contributed by atoms with Crippen molar-refractivity contribution in [1.82, 2.24) is 4.98 Å². The highest BCUT2D eigenvalue weighted by Crippen LogP contribution is 2.28. The fourth-order valence-corrected chi connectivity index (χ4v) is 3.00. The number of aromatic nitrogens is 1. The lowest BCUT2D eigenvalue weighted by molar-refractivity contribution is 0.0699. The van der Waals surface area contributed by atoms with Crippen LogP contribution in [0.3, 0.4) is 0 Å². The molecule has 2 aromatic carbocycles. The number of fused-ring (bicyclic) bond motifs is 1. The van der Waals surface area contributed by atoms with Crippen molar-refractivity contribution in [3.8, 4) is 17.2 Å². The van der Waals surface area contributed by atoms with Gasteiger partial charge < -0.3 is 19.3 Å². The van der Waals surface area contributed by atoms with Crippen molar-refractivity contribution in [2.75, 3.05) is 21.3 Å². The number of aromatic carboxylic acids is 1. The number of pyridine rings is 1. The zero-order valence-corrected chi connectivity index (χ0v) is 15.5. The van der Waals surface area contributed by atoms with Gasteiger partial charge in [0.2, 0.25) is 0 Å². The van der Waals surface area contributed by atoms with Gasteiger partial charge in [-0.3, -0.25) is 4.98 Å². The van der Waals surface area contributed by atoms with Crippen LogP contribution in [-0.2, 0) is 12.8 Å². The third-order valence-electron chi connectivity index (χ3n) is 4.42. The first-order valence-electron chi connectivity index (χ1n) is 8.47. The van der Waals surface area contributed by atoms with Crippen molar-refractivity contribution in [3.05, 3.63) is 59.3 Å². The molecule has 27 heavy (non-hydrogen) atoms. The number of methoxy groups -OCH3 is 3. The van der Waals surface area contributed by atoms with Gasteiger partial charge in [-0.15, -0.1) is 0 Å². The molecule has 0 fully saturated rings. The topological polar surface area (TPSA) is 77.9 Å². The predicted octanol–water partition coefficient (Wildman–Crippen LogP) is 3.74. The molecule has 0 aliphatic rings. The largest absolute Gasteiger partial charge is 0.497 e. The molecule has 0 spiro atoms. The van der Waals surface area contributed by atoms with Gasteiger partial charge in [-0.1, -0.05) is 6.07 Å². The molecule has 0 amide bonds. The number of hydrogen-bond acceptors (Lipinski definition) is 5. The minimum atomic E-state index is -0.983. The Bertz CT molecular complexity index is 984. The van der Waals surface area contributed by atoms with Gasteiger partial charge in [0.1, 0.15) is 5.75 Å². The van der Waals surface area contributed by atoms with Crippen molar-refractivity contribution in [3.63, 3.8) is 0 Å². The first kappa shape index (κ1) is 18.5. The summed E-state index contributed by atoms with van der Waals surface area (Å²) < 4.78 is 15.8. The Balaban J connectivity index is 1.90. The van der Waals surface area contributed by atoms with E-state index in [1.165, 1.54) is 0 Å². The number of ether oxygens (including phenoxy) is 3. The maximum Gasteiger partial charge on any atom is 0.336 e. The Morgan fingerprint density at radius 2 is 1.70 bits per heavy atom. The molecule has 0 radical (unpaired) electrons. The van der Waals surface area contributed by atoms with Crippen molar-refractivity contribution < 1.29 is 24.1 Å². The van der Waals surface area contributed by atoms with E-state index in [9.17, 15) is 9.90 Å². The third kappa shape index (κ3) is 3.95. The Morgan fingerprint density at radius 1 is 0.926 bits per heavy atom. The minimum absolute atomic E-state index is 0.223. The highest BCUT2D eigenvalue weighted by molar-refractivity contribution is 6.03. The van der Waals surface area contributed by atoms with Crippen LogP contribution in [0.25, 0.3) is 10.9 Å². The third-order valence-corrected chi connectivity index (χ3v) is 4.42. The molecular weight excluding hydrogens is 346 g/mol. The second kappa shape index (κ2) is 7.95. The second-order valence-corrected chi connectivity index (χ2v) is 6.04. The fourth-order valence-electron chi connectivity index (χ4n) is 3.00. The highest BCUT2D eigenvalue weighted by Gasteiger charge is 2.13. The van der Waals surface area contributed by atoms with Gasteiger partial charge in [0.25, 0.3) is 0 Å². The molecule has 140 valence electrons. The van der Waals surface area contributed by atoms with Gasteiger partial charge in [0.05, 0.1) is 32.4 Å². The number of nitrogens with zero attached hydrogens (tertiary/aromatic N) is 1. The molecule has 1 aromatic heterocycles. The highest BCUT2D eigenvalue weighted by atomic mass is 16.5. The minimum Gasteiger partial charge on any atom is -0.497 e. The number of carboxylic acids is 1. The summed E-state index contributed by atoms with van der Waals surface area (Å²) in [5.41, 5.74) is 2.64. The van der Waals surface area contributed by atoms with Gasteiger partial charge in [0, 0.05) is 11.1 Å². The molecule has 0 atom stereocenters. The molecule has 6 nitrogen and oxygen atoms in total. The number of carboxylic acid groups (broad SMARTS) is 1. The summed E-state index contributed by atoms with van der Waals surface area (Å²) in [7, 11) is 4.74. The monoisotopic (exact) mass is 367 g/mol. The van der Waals surface area contributed by atoms with E-state index in [0.29, 0.717) is 41.0 Å². The van der Waals surface area contributed by atoms with Crippen LogP contribution in [0.2, 0.25) is 0 Å². The Hall–Kier alpha value is -3.28. The van der Waals surface area contributed by atoms with Crippen LogP contribution < -0.4 is 14.2 Å². The SMILES string of the molecule is COc1ccc2nc(CCc3ccc(OC)c(OC)c3)cc(C(=O)O)c2c1. The summed E-state index contributed by atoms with van der Waals surface area (Å²) in [4.78, 5) is 16.3. The molecule has 0 unspecified atom stereocenters. The lowest BCUT2D eigenvalue weighted by atomic mass is 10.0. The van der Waals surface area contributed by atoms with Crippen LogP contribution in [0.5, 0.6) is 17.2 Å². The molecule has 0 aliphatic heterocycles. The first-order valence-corrected chi connectivity index (χ1v) is 8.47. The quantitative estimate of drug-likeness (QED) is 0.685. The molecule has 6 heteroatoms. The lowest BCUT2D eigenvalue weighted by Gasteiger charge is -2.11. The number of benzene rings is 2. The summed E-state index contributed by atoms with van der Waals surface area (Å²) in [5, 5.41) is 10.1. The van der Waals surface area contributed by atoms with E-state index < -0.39 is 5.97 Å². The van der Waals surface area contributed by atoms with E-state index in [2.05, 4.69) is 4.98 Å². The summed E-state index contributed by atoms with van der Waals surface area (Å²) in [6, 6.07) is 12.6. The Kier molecular flexibility index (Phi) is 5.45. The molecule has 0 saturated carbocycles. The number of hydrogen-bond donors (Lipinski definition) is 1. The molecule has 3 rings (SSSR count). The lowest BCUT2D eigenvalue weighted by Crippen LogP contribution is -2.03. The van der Waals surface area contributed by atoms with E-state index in [4.69, 9.17) is 14.2 Å². The normalized spacial score (nSPS) is 10.6. The Labute approximate surface area is 157 Å². The number of rotatable bonds is 7. The summed E-state index contributed by atoms with van der Waals surface area (Å²) in [6.45, 7) is 0. The van der Waals surface area contributed by atoms with Gasteiger partial charge in [-0.05, 0) is 54.8 Å². The fraction of sp³-hybridized carbons (Fsp3) is 0.238. The summed E-state index contributed by atoms with van der Waals surface area (Å²) in [6.07, 6.45) is 1.31. The standard InChI is InChI=1S/C21H21NO5/c1-25-15-7-8-18-16(12-15)17(21(23)24)11-14(22-18)6-4-13-5-9-19(26-2)20(10-13)27-3/h5,7-12H,4,6H2,1-3H3,(H,23,24). The van der Waals surface area contributed by atoms with Crippen molar-refractivity contribution in [2.24, 2.45) is 0 Å². The van der Waals surface area contributed by atoms with Crippen molar-refractivity contribution in [1.29, 1.82) is 0 Å². The van der Waals surface area contributed by atoms with E-state index in [1.807, 2.05) is 18.2 Å². The average molecular weight is 367 g/mol. The van der Waals surface area contributed by atoms with E-state index in [-0.39, 0.29) is 5.56 Å². The van der Waals surface area contributed by atoms with Crippen LogP contribution >= 0.6 is 0 Å². The zero-order chi connectivity index (χ0) is 19.4. The van der Waals surface area contributed by atoms with Crippen LogP contribution in [0.15, 0.2) is 42.5 Å². The van der Waals surface area contributed by atoms with Crippen LogP contribution in [0.4, 0.5) is 0 Å². The van der Waals surface area contributed by atoms with Gasteiger partial charge in [-0.2, -0.15) is 0 Å². The van der Waals surface area contributed by atoms with Crippen molar-refractivity contribution in [2.45, 2.75) is 12.8 Å². The van der Waals surface area contributed by atoms with E-state index in [1.54, 1.807) is 45.6 Å². The zero-order valence-electron chi connectivity index (χ0n) is 15.5. The van der Waals surface area contributed by atoms with Gasteiger partial charge in [-0.25, -0.2) is 4.79 Å². The van der Waals surface area contributed by atoms with Crippen LogP contribution in [-0.4, -0.2) is 37.4 Å². The predicted molar refractivity (Wildman–Crippen MR) is 102 cm³/mol. The molecule has 1 N–H and O–H groups in total. The van der Waals surface area contributed by atoms with Gasteiger partial charge >= 0.3 is 5.97 Å². The maximum atomic E-state index is 11.7. The smallest absolute Gasteiger partial charge is 0.336 e. The summed E-state index contributed by atoms with van der Waals surface area (Å²) in [5.74, 6) is 0.958. The molecule has 3 aromatic rings.